The lowest BCUT2D eigenvalue weighted by Crippen LogP contribution is -2.52. The Morgan fingerprint density at radius 2 is 1.68 bits per heavy atom. The number of piperazine rings is 1. The van der Waals surface area contributed by atoms with Crippen LogP contribution in [0.5, 0.6) is 5.75 Å². The number of para-hydroxylation sites is 1. The van der Waals surface area contributed by atoms with Crippen LogP contribution in [0, 0.1) is 5.41 Å². The Balaban J connectivity index is 1.57. The molecule has 0 atom stereocenters. The van der Waals surface area contributed by atoms with Gasteiger partial charge in [-0.1, -0.05) is 31.4 Å². The largest absolute Gasteiger partial charge is 0.493 e. The first kappa shape index (κ1) is 20.6. The van der Waals surface area contributed by atoms with Crippen LogP contribution in [0.15, 0.2) is 24.3 Å². The van der Waals surface area contributed by atoms with E-state index in [1.807, 2.05) is 34.9 Å². The van der Waals surface area contributed by atoms with E-state index < -0.39 is 0 Å². The highest BCUT2D eigenvalue weighted by molar-refractivity contribution is 5.97. The highest BCUT2D eigenvalue weighted by Crippen LogP contribution is 2.38. The molecule has 0 radical (unpaired) electrons. The van der Waals surface area contributed by atoms with Gasteiger partial charge >= 0.3 is 0 Å². The number of rotatable bonds is 6. The Hall–Kier alpha value is -2.08. The molecule has 154 valence electrons. The van der Waals surface area contributed by atoms with Crippen molar-refractivity contribution in [3.63, 3.8) is 0 Å². The molecule has 1 saturated heterocycles. The minimum Gasteiger partial charge on any atom is -0.493 e. The molecular weight excluding hydrogens is 354 g/mol. The van der Waals surface area contributed by atoms with E-state index in [1.165, 1.54) is 19.3 Å². The van der Waals surface area contributed by atoms with Crippen molar-refractivity contribution in [2.24, 2.45) is 11.1 Å². The Bertz CT molecular complexity index is 677. The Labute approximate surface area is 168 Å². The fourth-order valence-corrected chi connectivity index (χ4v) is 4.44. The van der Waals surface area contributed by atoms with Gasteiger partial charge in [-0.25, -0.2) is 0 Å². The molecule has 0 spiro atoms. The lowest BCUT2D eigenvalue weighted by Gasteiger charge is -2.39. The van der Waals surface area contributed by atoms with Gasteiger partial charge in [-0.2, -0.15) is 0 Å². The van der Waals surface area contributed by atoms with Crippen molar-refractivity contribution in [1.82, 2.24) is 9.80 Å². The molecule has 1 saturated carbocycles. The predicted octanol–water partition coefficient (Wildman–Crippen LogP) is 2.67. The van der Waals surface area contributed by atoms with Gasteiger partial charge in [-0.05, 0) is 43.9 Å². The first-order valence-electron chi connectivity index (χ1n) is 10.6. The maximum absolute atomic E-state index is 12.9. The van der Waals surface area contributed by atoms with Crippen molar-refractivity contribution >= 4 is 11.8 Å². The first-order chi connectivity index (χ1) is 13.6. The van der Waals surface area contributed by atoms with E-state index in [4.69, 9.17) is 10.5 Å². The fourth-order valence-electron chi connectivity index (χ4n) is 4.44. The van der Waals surface area contributed by atoms with Crippen LogP contribution in [0.1, 0.15) is 55.8 Å². The summed E-state index contributed by atoms with van der Waals surface area (Å²) < 4.78 is 5.59. The fraction of sp³-hybridized carbons (Fsp3) is 0.636. The standard InChI is InChI=1S/C22H33N3O3/c1-2-28-19-9-5-4-8-18(19)21(27)25-14-12-24(13-15-25)20(26)16-22(17-23)10-6-3-7-11-22/h4-5,8-9H,2-3,6-7,10-17,23H2,1H3. The van der Waals surface area contributed by atoms with Gasteiger partial charge in [0, 0.05) is 32.6 Å². The number of nitrogens with two attached hydrogens (primary N) is 1. The van der Waals surface area contributed by atoms with Crippen LogP contribution in [0.3, 0.4) is 0 Å². The number of nitrogens with zero attached hydrogens (tertiary/aromatic N) is 2. The zero-order valence-corrected chi connectivity index (χ0v) is 17.0. The van der Waals surface area contributed by atoms with Gasteiger partial charge in [0.15, 0.2) is 0 Å². The Morgan fingerprint density at radius 3 is 2.32 bits per heavy atom. The number of carbonyl (C=O) groups is 2. The minimum atomic E-state index is -0.0261. The molecule has 6 nitrogen and oxygen atoms in total. The van der Waals surface area contributed by atoms with Crippen molar-refractivity contribution in [3.8, 4) is 5.75 Å². The molecule has 28 heavy (non-hydrogen) atoms. The molecule has 1 aliphatic carbocycles. The van der Waals surface area contributed by atoms with Gasteiger partial charge < -0.3 is 20.3 Å². The van der Waals surface area contributed by atoms with Gasteiger partial charge in [-0.3, -0.25) is 9.59 Å². The number of hydrogen-bond acceptors (Lipinski definition) is 4. The zero-order valence-electron chi connectivity index (χ0n) is 17.0. The minimum absolute atomic E-state index is 0.0152. The quantitative estimate of drug-likeness (QED) is 0.814. The normalized spacial score (nSPS) is 19.4. The van der Waals surface area contributed by atoms with Gasteiger partial charge in [0.2, 0.25) is 5.91 Å². The van der Waals surface area contributed by atoms with Crippen LogP contribution in [0.25, 0.3) is 0 Å². The second kappa shape index (κ2) is 9.41. The van der Waals surface area contributed by atoms with E-state index >= 15 is 0 Å². The molecule has 2 N–H and O–H groups in total. The lowest BCUT2D eigenvalue weighted by molar-refractivity contribution is -0.135. The van der Waals surface area contributed by atoms with E-state index in [9.17, 15) is 9.59 Å². The Kier molecular flexibility index (Phi) is 6.94. The van der Waals surface area contributed by atoms with Crippen molar-refractivity contribution in [3.05, 3.63) is 29.8 Å². The van der Waals surface area contributed by atoms with E-state index in [-0.39, 0.29) is 17.2 Å². The van der Waals surface area contributed by atoms with Crippen LogP contribution < -0.4 is 10.5 Å². The van der Waals surface area contributed by atoms with Crippen molar-refractivity contribution < 1.29 is 14.3 Å². The molecule has 1 aliphatic heterocycles. The lowest BCUT2D eigenvalue weighted by atomic mass is 9.71. The molecule has 1 aromatic carbocycles. The van der Waals surface area contributed by atoms with Crippen LogP contribution in [0.2, 0.25) is 0 Å². The monoisotopic (exact) mass is 387 g/mol. The van der Waals surface area contributed by atoms with Gasteiger partial charge in [0.25, 0.3) is 5.91 Å². The number of benzene rings is 1. The number of carbonyl (C=O) groups excluding carboxylic acids is 2. The summed E-state index contributed by atoms with van der Waals surface area (Å²) in [5.41, 5.74) is 6.62. The molecule has 2 amide bonds. The SMILES string of the molecule is CCOc1ccccc1C(=O)N1CCN(C(=O)CC2(CN)CCCCC2)CC1. The summed E-state index contributed by atoms with van der Waals surface area (Å²) in [6.07, 6.45) is 6.26. The second-order valence-corrected chi connectivity index (χ2v) is 8.04. The molecule has 0 unspecified atom stereocenters. The highest BCUT2D eigenvalue weighted by Gasteiger charge is 2.35. The summed E-state index contributed by atoms with van der Waals surface area (Å²) in [6.45, 7) is 5.30. The average molecular weight is 388 g/mol. The molecule has 3 rings (SSSR count). The third kappa shape index (κ3) is 4.66. The van der Waals surface area contributed by atoms with Crippen molar-refractivity contribution in [1.29, 1.82) is 0 Å². The first-order valence-corrected chi connectivity index (χ1v) is 10.6. The summed E-state index contributed by atoms with van der Waals surface area (Å²) in [7, 11) is 0. The second-order valence-electron chi connectivity index (χ2n) is 8.04. The summed E-state index contributed by atoms with van der Waals surface area (Å²) in [6, 6.07) is 7.36. The van der Waals surface area contributed by atoms with Crippen molar-refractivity contribution in [2.75, 3.05) is 39.3 Å². The van der Waals surface area contributed by atoms with Crippen LogP contribution in [0.4, 0.5) is 0 Å². The maximum Gasteiger partial charge on any atom is 0.257 e. The molecule has 0 bridgehead atoms. The van der Waals surface area contributed by atoms with Crippen LogP contribution >= 0.6 is 0 Å². The molecule has 2 aliphatic rings. The molecule has 0 aromatic heterocycles. The topological polar surface area (TPSA) is 75.9 Å². The van der Waals surface area contributed by atoms with Crippen molar-refractivity contribution in [2.45, 2.75) is 45.4 Å². The number of amides is 2. The molecule has 1 heterocycles. The number of hydrogen-bond donors (Lipinski definition) is 1. The molecule has 6 heteroatoms. The van der Waals surface area contributed by atoms with E-state index in [0.717, 1.165) is 12.8 Å². The van der Waals surface area contributed by atoms with E-state index in [0.29, 0.717) is 57.1 Å². The smallest absolute Gasteiger partial charge is 0.257 e. The summed E-state index contributed by atoms with van der Waals surface area (Å²) in [5.74, 6) is 0.784. The summed E-state index contributed by atoms with van der Waals surface area (Å²) in [4.78, 5) is 29.5. The van der Waals surface area contributed by atoms with Gasteiger partial charge in [0.05, 0.1) is 12.2 Å². The summed E-state index contributed by atoms with van der Waals surface area (Å²) in [5, 5.41) is 0. The van der Waals surface area contributed by atoms with E-state index in [1.54, 1.807) is 6.07 Å². The van der Waals surface area contributed by atoms with Crippen LogP contribution in [-0.2, 0) is 4.79 Å². The molecular formula is C22H33N3O3. The predicted molar refractivity (Wildman–Crippen MR) is 109 cm³/mol. The van der Waals surface area contributed by atoms with Gasteiger partial charge in [-0.15, -0.1) is 0 Å². The maximum atomic E-state index is 12.9. The summed E-state index contributed by atoms with van der Waals surface area (Å²) >= 11 is 0. The third-order valence-electron chi connectivity index (χ3n) is 6.21. The Morgan fingerprint density at radius 1 is 1.04 bits per heavy atom. The van der Waals surface area contributed by atoms with Crippen LogP contribution in [-0.4, -0.2) is 60.9 Å². The molecule has 2 fully saturated rings. The third-order valence-corrected chi connectivity index (χ3v) is 6.21. The molecule has 1 aromatic rings. The van der Waals surface area contributed by atoms with Gasteiger partial charge in [0.1, 0.15) is 5.75 Å². The zero-order chi connectivity index (χ0) is 20.0. The highest BCUT2D eigenvalue weighted by atomic mass is 16.5. The number of ether oxygens (including phenoxy) is 1. The van der Waals surface area contributed by atoms with E-state index in [2.05, 4.69) is 0 Å². The average Bonchev–Trinajstić information content (AvgIpc) is 2.74.